The number of nitrogens with zero attached hydrogens (tertiary/aromatic N) is 1. The van der Waals surface area contributed by atoms with Crippen LogP contribution in [0.15, 0.2) is 22.3 Å². The number of carbonyl (C=O) groups excluding carboxylic acids is 2. The minimum atomic E-state index is -0.528. The topological polar surface area (TPSA) is 68.3 Å². The SMILES string of the molecule is CCOC(=O)c1ncsc1NC(=O)c1ccsc1. The van der Waals surface area contributed by atoms with E-state index in [4.69, 9.17) is 4.74 Å². The quantitative estimate of drug-likeness (QED) is 0.875. The summed E-state index contributed by atoms with van der Waals surface area (Å²) in [6.07, 6.45) is 0. The summed E-state index contributed by atoms with van der Waals surface area (Å²) in [6.45, 7) is 1.99. The first-order chi connectivity index (χ1) is 8.72. The molecule has 0 radical (unpaired) electrons. The second kappa shape index (κ2) is 5.74. The number of thiazole rings is 1. The molecule has 0 unspecified atom stereocenters. The van der Waals surface area contributed by atoms with Crippen molar-refractivity contribution in [1.29, 1.82) is 0 Å². The van der Waals surface area contributed by atoms with E-state index in [9.17, 15) is 9.59 Å². The number of thiophene rings is 1. The van der Waals surface area contributed by atoms with Crippen molar-refractivity contribution in [2.24, 2.45) is 0 Å². The number of esters is 1. The molecule has 0 atom stereocenters. The zero-order valence-corrected chi connectivity index (χ0v) is 11.1. The summed E-state index contributed by atoms with van der Waals surface area (Å²) in [5.41, 5.74) is 2.20. The van der Waals surface area contributed by atoms with E-state index in [1.165, 1.54) is 28.2 Å². The van der Waals surface area contributed by atoms with Gasteiger partial charge in [-0.25, -0.2) is 9.78 Å². The van der Waals surface area contributed by atoms with E-state index in [2.05, 4.69) is 10.3 Å². The molecule has 0 saturated carbocycles. The van der Waals surface area contributed by atoms with Crippen LogP contribution < -0.4 is 5.32 Å². The minimum absolute atomic E-state index is 0.144. The number of carbonyl (C=O) groups is 2. The summed E-state index contributed by atoms with van der Waals surface area (Å²) in [4.78, 5) is 27.3. The third kappa shape index (κ3) is 2.74. The standard InChI is InChI=1S/C11H10N2O3S2/c1-2-16-11(15)8-10(18-6-12-8)13-9(14)7-3-4-17-5-7/h3-6H,2H2,1H3,(H,13,14). The number of hydrogen-bond donors (Lipinski definition) is 1. The lowest BCUT2D eigenvalue weighted by Gasteiger charge is -2.03. The second-order valence-corrected chi connectivity index (χ2v) is 4.85. The number of hydrogen-bond acceptors (Lipinski definition) is 6. The van der Waals surface area contributed by atoms with Crippen LogP contribution in [0.3, 0.4) is 0 Å². The normalized spacial score (nSPS) is 10.1. The Morgan fingerprint density at radius 3 is 3.00 bits per heavy atom. The molecule has 0 aliphatic heterocycles. The van der Waals surface area contributed by atoms with Gasteiger partial charge in [0.15, 0.2) is 5.69 Å². The van der Waals surface area contributed by atoms with Gasteiger partial charge in [-0.2, -0.15) is 11.3 Å². The molecular weight excluding hydrogens is 272 g/mol. The van der Waals surface area contributed by atoms with E-state index in [1.807, 2.05) is 5.38 Å². The van der Waals surface area contributed by atoms with Crippen molar-refractivity contribution in [1.82, 2.24) is 4.98 Å². The molecule has 2 aromatic heterocycles. The van der Waals surface area contributed by atoms with Crippen molar-refractivity contribution in [3.63, 3.8) is 0 Å². The van der Waals surface area contributed by atoms with Gasteiger partial charge in [0, 0.05) is 5.38 Å². The minimum Gasteiger partial charge on any atom is -0.461 e. The highest BCUT2D eigenvalue weighted by molar-refractivity contribution is 7.14. The fourth-order valence-corrected chi connectivity index (χ4v) is 2.55. The van der Waals surface area contributed by atoms with Gasteiger partial charge in [0.2, 0.25) is 0 Å². The number of anilines is 1. The lowest BCUT2D eigenvalue weighted by molar-refractivity contribution is 0.0521. The molecule has 18 heavy (non-hydrogen) atoms. The molecule has 0 bridgehead atoms. The monoisotopic (exact) mass is 282 g/mol. The van der Waals surface area contributed by atoms with Gasteiger partial charge in [-0.15, -0.1) is 11.3 Å². The van der Waals surface area contributed by atoms with Crippen molar-refractivity contribution < 1.29 is 14.3 Å². The fourth-order valence-electron chi connectivity index (χ4n) is 1.25. The molecule has 0 fully saturated rings. The number of aromatic nitrogens is 1. The zero-order valence-electron chi connectivity index (χ0n) is 9.50. The number of rotatable bonds is 4. The summed E-state index contributed by atoms with van der Waals surface area (Å²) < 4.78 is 4.86. The third-order valence-electron chi connectivity index (χ3n) is 2.05. The van der Waals surface area contributed by atoms with E-state index in [0.29, 0.717) is 10.6 Å². The highest BCUT2D eigenvalue weighted by atomic mass is 32.1. The Kier molecular flexibility index (Phi) is 4.06. The van der Waals surface area contributed by atoms with Crippen LogP contribution >= 0.6 is 22.7 Å². The van der Waals surface area contributed by atoms with Crippen LogP contribution in [0.1, 0.15) is 27.8 Å². The molecule has 1 N–H and O–H groups in total. The van der Waals surface area contributed by atoms with Crippen molar-refractivity contribution >= 4 is 39.6 Å². The third-order valence-corrected chi connectivity index (χ3v) is 3.47. The van der Waals surface area contributed by atoms with E-state index >= 15 is 0 Å². The average molecular weight is 282 g/mol. The molecule has 0 saturated heterocycles. The maximum absolute atomic E-state index is 11.8. The molecule has 1 amide bonds. The van der Waals surface area contributed by atoms with Crippen LogP contribution in [0.25, 0.3) is 0 Å². The molecule has 0 spiro atoms. The average Bonchev–Trinajstić information content (AvgIpc) is 2.99. The van der Waals surface area contributed by atoms with Gasteiger partial charge in [-0.05, 0) is 18.4 Å². The predicted molar refractivity (Wildman–Crippen MR) is 70.3 cm³/mol. The van der Waals surface area contributed by atoms with Crippen molar-refractivity contribution in [3.05, 3.63) is 33.6 Å². The summed E-state index contributed by atoms with van der Waals surface area (Å²) >= 11 is 2.62. The Morgan fingerprint density at radius 1 is 1.50 bits per heavy atom. The highest BCUT2D eigenvalue weighted by Crippen LogP contribution is 2.22. The van der Waals surface area contributed by atoms with Crippen molar-refractivity contribution in [3.8, 4) is 0 Å². The number of amides is 1. The van der Waals surface area contributed by atoms with Gasteiger partial charge in [0.25, 0.3) is 5.91 Å². The predicted octanol–water partition coefficient (Wildman–Crippen LogP) is 2.63. The molecule has 94 valence electrons. The molecule has 2 rings (SSSR count). The smallest absolute Gasteiger partial charge is 0.360 e. The van der Waals surface area contributed by atoms with Gasteiger partial charge >= 0.3 is 5.97 Å². The van der Waals surface area contributed by atoms with E-state index in [0.717, 1.165) is 0 Å². The van der Waals surface area contributed by atoms with E-state index in [-0.39, 0.29) is 18.2 Å². The molecule has 0 aliphatic rings. The molecule has 2 heterocycles. The van der Waals surface area contributed by atoms with Crippen LogP contribution in [-0.2, 0) is 4.74 Å². The number of nitrogens with one attached hydrogen (secondary N) is 1. The van der Waals surface area contributed by atoms with Gasteiger partial charge < -0.3 is 10.1 Å². The Hall–Kier alpha value is -1.73. The summed E-state index contributed by atoms with van der Waals surface area (Å²) in [6, 6.07) is 1.71. The molecule has 7 heteroatoms. The lowest BCUT2D eigenvalue weighted by Crippen LogP contribution is -2.14. The van der Waals surface area contributed by atoms with E-state index in [1.54, 1.807) is 18.4 Å². The Labute approximate surface area is 111 Å². The summed E-state index contributed by atoms with van der Waals surface area (Å²) in [7, 11) is 0. The van der Waals surface area contributed by atoms with Crippen LogP contribution in [-0.4, -0.2) is 23.5 Å². The van der Waals surface area contributed by atoms with Crippen LogP contribution in [0.4, 0.5) is 5.00 Å². The summed E-state index contributed by atoms with van der Waals surface area (Å²) in [5, 5.41) is 6.61. The molecular formula is C11H10N2O3S2. The molecule has 2 aromatic rings. The zero-order chi connectivity index (χ0) is 13.0. The highest BCUT2D eigenvalue weighted by Gasteiger charge is 2.18. The molecule has 5 nitrogen and oxygen atoms in total. The van der Waals surface area contributed by atoms with Crippen molar-refractivity contribution in [2.75, 3.05) is 11.9 Å². The van der Waals surface area contributed by atoms with Gasteiger partial charge in [0.1, 0.15) is 5.00 Å². The van der Waals surface area contributed by atoms with Gasteiger partial charge in [0.05, 0.1) is 17.7 Å². The Morgan fingerprint density at radius 2 is 2.33 bits per heavy atom. The first-order valence-electron chi connectivity index (χ1n) is 5.16. The van der Waals surface area contributed by atoms with Gasteiger partial charge in [-0.1, -0.05) is 0 Å². The Balaban J connectivity index is 2.13. The summed E-state index contributed by atoms with van der Waals surface area (Å²) in [5.74, 6) is -0.787. The molecule has 0 aliphatic carbocycles. The van der Waals surface area contributed by atoms with E-state index < -0.39 is 5.97 Å². The first-order valence-corrected chi connectivity index (χ1v) is 6.98. The van der Waals surface area contributed by atoms with Crippen molar-refractivity contribution in [2.45, 2.75) is 6.92 Å². The Bertz CT molecular complexity index is 548. The first kappa shape index (κ1) is 12.7. The second-order valence-electron chi connectivity index (χ2n) is 3.22. The van der Waals surface area contributed by atoms with Crippen LogP contribution in [0.5, 0.6) is 0 Å². The number of ether oxygens (including phenoxy) is 1. The maximum Gasteiger partial charge on any atom is 0.360 e. The van der Waals surface area contributed by atoms with Crippen LogP contribution in [0.2, 0.25) is 0 Å². The lowest BCUT2D eigenvalue weighted by atomic mass is 10.3. The maximum atomic E-state index is 11.8. The van der Waals surface area contributed by atoms with Gasteiger partial charge in [-0.3, -0.25) is 4.79 Å². The fraction of sp³-hybridized carbons (Fsp3) is 0.182. The largest absolute Gasteiger partial charge is 0.461 e. The van der Waals surface area contributed by atoms with Crippen LogP contribution in [0, 0.1) is 0 Å². The molecule has 0 aromatic carbocycles.